The number of amides is 1. The van der Waals surface area contributed by atoms with Crippen molar-refractivity contribution >= 4 is 16.9 Å². The third-order valence-electron chi connectivity index (χ3n) is 4.78. The molecule has 3 heterocycles. The fourth-order valence-corrected chi connectivity index (χ4v) is 3.07. The summed E-state index contributed by atoms with van der Waals surface area (Å²) in [4.78, 5) is 17.2. The summed E-state index contributed by atoms with van der Waals surface area (Å²) in [6, 6.07) is 2.02. The van der Waals surface area contributed by atoms with Gasteiger partial charge in [0.05, 0.1) is 29.3 Å². The van der Waals surface area contributed by atoms with Gasteiger partial charge in [0.15, 0.2) is 5.65 Å². The maximum atomic E-state index is 12.6. The van der Waals surface area contributed by atoms with Crippen LogP contribution in [0.1, 0.15) is 42.4 Å². The molecule has 24 heavy (non-hydrogen) atoms. The van der Waals surface area contributed by atoms with E-state index in [-0.39, 0.29) is 17.9 Å². The maximum absolute atomic E-state index is 12.6. The molecule has 3 atom stereocenters. The lowest BCUT2D eigenvalue weighted by molar-refractivity contribution is 0.0928. The molecule has 7 heteroatoms. The summed E-state index contributed by atoms with van der Waals surface area (Å²) in [6.07, 6.45) is 2.26. The monoisotopic (exact) mass is 331 g/mol. The largest absolute Gasteiger partial charge is 0.391 e. The summed E-state index contributed by atoms with van der Waals surface area (Å²) in [5.41, 5.74) is 2.13. The van der Waals surface area contributed by atoms with E-state index in [0.29, 0.717) is 18.7 Å². The topological polar surface area (TPSA) is 92.1 Å². The Morgan fingerprint density at radius 2 is 2.33 bits per heavy atom. The van der Waals surface area contributed by atoms with Gasteiger partial charge in [-0.1, -0.05) is 6.92 Å². The number of fused-ring (bicyclic) bond motifs is 1. The molecule has 130 valence electrons. The van der Waals surface area contributed by atoms with Gasteiger partial charge < -0.3 is 15.7 Å². The lowest BCUT2D eigenvalue weighted by Gasteiger charge is -2.15. The number of nitrogens with one attached hydrogen (secondary N) is 2. The summed E-state index contributed by atoms with van der Waals surface area (Å²) in [5.74, 6) is -0.0940. The molecular formula is C17H25N5O2. The molecule has 3 unspecified atom stereocenters. The highest BCUT2D eigenvalue weighted by Gasteiger charge is 2.26. The Morgan fingerprint density at radius 3 is 3.00 bits per heavy atom. The molecule has 0 spiro atoms. The highest BCUT2D eigenvalue weighted by Crippen LogP contribution is 2.22. The van der Waals surface area contributed by atoms with Crippen molar-refractivity contribution in [2.45, 2.75) is 39.3 Å². The second-order valence-corrected chi connectivity index (χ2v) is 6.59. The average Bonchev–Trinajstić information content (AvgIpc) is 3.17. The lowest BCUT2D eigenvalue weighted by atomic mass is 10.1. The van der Waals surface area contributed by atoms with Crippen LogP contribution in [0.3, 0.4) is 0 Å². The van der Waals surface area contributed by atoms with Crippen LogP contribution in [0.5, 0.6) is 0 Å². The molecule has 1 amide bonds. The highest BCUT2D eigenvalue weighted by molar-refractivity contribution is 6.05. The van der Waals surface area contributed by atoms with Crippen LogP contribution in [-0.4, -0.2) is 51.5 Å². The van der Waals surface area contributed by atoms with E-state index in [1.54, 1.807) is 12.3 Å². The van der Waals surface area contributed by atoms with E-state index in [9.17, 15) is 9.90 Å². The van der Waals surface area contributed by atoms with E-state index in [1.807, 2.05) is 11.6 Å². The van der Waals surface area contributed by atoms with E-state index >= 15 is 0 Å². The van der Waals surface area contributed by atoms with Crippen molar-refractivity contribution in [3.8, 4) is 0 Å². The predicted molar refractivity (Wildman–Crippen MR) is 92.0 cm³/mol. The molecule has 0 aromatic carbocycles. The third kappa shape index (κ3) is 3.14. The van der Waals surface area contributed by atoms with Crippen molar-refractivity contribution in [2.75, 3.05) is 19.6 Å². The molecule has 3 rings (SSSR count). The molecule has 1 aliphatic rings. The van der Waals surface area contributed by atoms with E-state index in [1.165, 1.54) is 0 Å². The SMILES string of the molecule is CCC(C)n1ncc2c(C(=O)NCC3CNCC3O)cc(C)nc21. The van der Waals surface area contributed by atoms with Crippen LogP contribution in [-0.2, 0) is 0 Å². The van der Waals surface area contributed by atoms with E-state index in [0.717, 1.165) is 29.7 Å². The molecular weight excluding hydrogens is 306 g/mol. The van der Waals surface area contributed by atoms with Crippen LogP contribution in [0.15, 0.2) is 12.3 Å². The summed E-state index contributed by atoms with van der Waals surface area (Å²) in [6.45, 7) is 7.83. The highest BCUT2D eigenvalue weighted by atomic mass is 16.3. The van der Waals surface area contributed by atoms with Gasteiger partial charge in [-0.2, -0.15) is 5.10 Å². The predicted octanol–water partition coefficient (Wildman–Crippen LogP) is 1.02. The fourth-order valence-electron chi connectivity index (χ4n) is 3.07. The quantitative estimate of drug-likeness (QED) is 0.761. The Kier molecular flexibility index (Phi) is 4.82. The lowest BCUT2D eigenvalue weighted by Crippen LogP contribution is -2.34. The van der Waals surface area contributed by atoms with E-state index in [2.05, 4.69) is 34.6 Å². The number of aryl methyl sites for hydroxylation is 1. The van der Waals surface area contributed by atoms with Gasteiger partial charge in [0.25, 0.3) is 5.91 Å². The van der Waals surface area contributed by atoms with Gasteiger partial charge in [0.1, 0.15) is 0 Å². The van der Waals surface area contributed by atoms with Crippen LogP contribution in [0, 0.1) is 12.8 Å². The van der Waals surface area contributed by atoms with Crippen LogP contribution in [0.4, 0.5) is 0 Å². The summed E-state index contributed by atoms with van der Waals surface area (Å²) >= 11 is 0. The second-order valence-electron chi connectivity index (χ2n) is 6.59. The first-order valence-corrected chi connectivity index (χ1v) is 8.53. The Hall–Kier alpha value is -1.99. The van der Waals surface area contributed by atoms with Gasteiger partial charge in [0, 0.05) is 31.2 Å². The molecule has 0 radical (unpaired) electrons. The molecule has 3 N–H and O–H groups in total. The molecule has 2 aromatic heterocycles. The molecule has 1 saturated heterocycles. The number of carbonyl (C=O) groups excluding carboxylic acids is 1. The Labute approximate surface area is 141 Å². The minimum atomic E-state index is -0.405. The first-order valence-electron chi connectivity index (χ1n) is 8.53. The number of aliphatic hydroxyl groups excluding tert-OH is 1. The van der Waals surface area contributed by atoms with Crippen molar-refractivity contribution < 1.29 is 9.90 Å². The van der Waals surface area contributed by atoms with E-state index in [4.69, 9.17) is 0 Å². The number of hydrogen-bond donors (Lipinski definition) is 3. The van der Waals surface area contributed by atoms with Crippen molar-refractivity contribution in [1.82, 2.24) is 25.4 Å². The zero-order valence-electron chi connectivity index (χ0n) is 14.4. The van der Waals surface area contributed by atoms with Crippen molar-refractivity contribution in [3.63, 3.8) is 0 Å². The third-order valence-corrected chi connectivity index (χ3v) is 4.78. The van der Waals surface area contributed by atoms with Crippen LogP contribution < -0.4 is 10.6 Å². The van der Waals surface area contributed by atoms with Crippen LogP contribution in [0.2, 0.25) is 0 Å². The normalized spacial score (nSPS) is 22.0. The smallest absolute Gasteiger partial charge is 0.252 e. The Morgan fingerprint density at radius 1 is 1.54 bits per heavy atom. The van der Waals surface area contributed by atoms with Gasteiger partial charge in [-0.25, -0.2) is 9.67 Å². The first-order chi connectivity index (χ1) is 11.5. The number of rotatable bonds is 5. The number of β-amino-alcohol motifs (C(OH)–C–C–N with tert-alkyl or cyclic N) is 1. The Bertz CT molecular complexity index is 742. The van der Waals surface area contributed by atoms with Crippen molar-refractivity contribution in [1.29, 1.82) is 0 Å². The van der Waals surface area contributed by atoms with Gasteiger partial charge in [-0.3, -0.25) is 4.79 Å². The summed E-state index contributed by atoms with van der Waals surface area (Å²) in [5, 5.41) is 21.1. The summed E-state index contributed by atoms with van der Waals surface area (Å²) < 4.78 is 1.88. The number of aliphatic hydroxyl groups is 1. The van der Waals surface area contributed by atoms with Crippen molar-refractivity contribution in [2.24, 2.45) is 5.92 Å². The minimum absolute atomic E-state index is 0.0511. The van der Waals surface area contributed by atoms with Crippen LogP contribution >= 0.6 is 0 Å². The molecule has 0 bridgehead atoms. The van der Waals surface area contributed by atoms with Gasteiger partial charge >= 0.3 is 0 Å². The van der Waals surface area contributed by atoms with Gasteiger partial charge in [-0.05, 0) is 26.3 Å². The summed E-state index contributed by atoms with van der Waals surface area (Å²) in [7, 11) is 0. The molecule has 0 saturated carbocycles. The second kappa shape index (κ2) is 6.86. The molecule has 1 aliphatic heterocycles. The van der Waals surface area contributed by atoms with Gasteiger partial charge in [-0.15, -0.1) is 0 Å². The van der Waals surface area contributed by atoms with Gasteiger partial charge in [0.2, 0.25) is 0 Å². The number of nitrogens with zero attached hydrogens (tertiary/aromatic N) is 3. The molecule has 1 fully saturated rings. The van der Waals surface area contributed by atoms with E-state index < -0.39 is 6.10 Å². The minimum Gasteiger partial charge on any atom is -0.391 e. The van der Waals surface area contributed by atoms with Crippen LogP contribution in [0.25, 0.3) is 11.0 Å². The first kappa shape index (κ1) is 16.9. The standard InChI is InChI=1S/C17H25N5O2/c1-4-11(3)22-16-14(8-20-22)13(5-10(2)21-16)17(24)19-7-12-6-18-9-15(12)23/h5,8,11-12,15,18,23H,4,6-7,9H2,1-3H3,(H,19,24). The van der Waals surface area contributed by atoms with Crippen molar-refractivity contribution in [3.05, 3.63) is 23.5 Å². The average molecular weight is 331 g/mol. The Balaban J connectivity index is 1.85. The zero-order valence-corrected chi connectivity index (χ0v) is 14.4. The number of hydrogen-bond acceptors (Lipinski definition) is 5. The number of pyridine rings is 1. The maximum Gasteiger partial charge on any atom is 0.252 e. The number of carbonyl (C=O) groups is 1. The fraction of sp³-hybridized carbons (Fsp3) is 0.588. The molecule has 0 aliphatic carbocycles. The zero-order chi connectivity index (χ0) is 17.3. The molecule has 7 nitrogen and oxygen atoms in total. The molecule has 2 aromatic rings. The number of aromatic nitrogens is 3.